The molecule has 3 aromatic rings. The highest BCUT2D eigenvalue weighted by Gasteiger charge is 2.26. The van der Waals surface area contributed by atoms with Crippen molar-refractivity contribution < 1.29 is 19.1 Å². The fourth-order valence-electron chi connectivity index (χ4n) is 3.83. The molecule has 1 aliphatic rings. The minimum atomic E-state index is -1.08. The number of esters is 1. The number of amides is 2. The first-order valence-electron chi connectivity index (χ1n) is 10.7. The highest BCUT2D eigenvalue weighted by Crippen LogP contribution is 2.29. The standard InChI is InChI=1S/C23H24N4O5S/c1-12-17-21(26-16-6-4-3-5-11-27(16)22(17)30)33-18(12)23(31)32-13(2)20(29)25-15-9-7-14(8-10-15)19(24)28/h7-10,13H,3-6,11H2,1-2H3,(H2,24,28)(H,25,29). The normalized spacial score (nSPS) is 14.2. The molecular weight excluding hydrogens is 444 g/mol. The first-order chi connectivity index (χ1) is 15.8. The van der Waals surface area contributed by atoms with E-state index in [0.717, 1.165) is 42.8 Å². The van der Waals surface area contributed by atoms with Crippen LogP contribution in [-0.4, -0.2) is 33.4 Å². The van der Waals surface area contributed by atoms with E-state index >= 15 is 0 Å². The second-order valence-corrected chi connectivity index (χ2v) is 9.01. The third-order valence-electron chi connectivity index (χ3n) is 5.69. The Kier molecular flexibility index (Phi) is 6.28. The van der Waals surface area contributed by atoms with E-state index in [1.54, 1.807) is 11.5 Å². The number of anilines is 1. The van der Waals surface area contributed by atoms with Crippen LogP contribution in [0.2, 0.25) is 0 Å². The quantitative estimate of drug-likeness (QED) is 0.553. The van der Waals surface area contributed by atoms with Crippen LogP contribution in [0.1, 0.15) is 57.6 Å². The largest absolute Gasteiger partial charge is 0.448 e. The highest BCUT2D eigenvalue weighted by molar-refractivity contribution is 7.20. The summed E-state index contributed by atoms with van der Waals surface area (Å²) in [6, 6.07) is 6.04. The Morgan fingerprint density at radius 1 is 1.18 bits per heavy atom. The Hall–Kier alpha value is -3.53. The minimum absolute atomic E-state index is 0.130. The molecule has 9 nitrogen and oxygen atoms in total. The third-order valence-corrected chi connectivity index (χ3v) is 6.85. The zero-order valence-corrected chi connectivity index (χ0v) is 19.2. The maximum atomic E-state index is 13.1. The molecule has 3 N–H and O–H groups in total. The number of nitrogens with zero attached hydrogens (tertiary/aromatic N) is 2. The summed E-state index contributed by atoms with van der Waals surface area (Å²) in [6.45, 7) is 3.79. The zero-order valence-electron chi connectivity index (χ0n) is 18.3. The highest BCUT2D eigenvalue weighted by atomic mass is 32.1. The predicted molar refractivity (Wildman–Crippen MR) is 125 cm³/mol. The monoisotopic (exact) mass is 468 g/mol. The molecule has 1 unspecified atom stereocenters. The minimum Gasteiger partial charge on any atom is -0.448 e. The summed E-state index contributed by atoms with van der Waals surface area (Å²) in [5.41, 5.74) is 6.35. The lowest BCUT2D eigenvalue weighted by Crippen LogP contribution is -2.30. The Morgan fingerprint density at radius 3 is 2.61 bits per heavy atom. The van der Waals surface area contributed by atoms with Crippen LogP contribution in [0.3, 0.4) is 0 Å². The second kappa shape index (κ2) is 9.14. The number of hydrogen-bond donors (Lipinski definition) is 2. The maximum Gasteiger partial charge on any atom is 0.349 e. The van der Waals surface area contributed by atoms with Gasteiger partial charge in [-0.1, -0.05) is 6.42 Å². The predicted octanol–water partition coefficient (Wildman–Crippen LogP) is 2.78. The second-order valence-electron chi connectivity index (χ2n) is 8.01. The van der Waals surface area contributed by atoms with E-state index in [9.17, 15) is 19.2 Å². The number of ether oxygens (including phenoxy) is 1. The van der Waals surface area contributed by atoms with Gasteiger partial charge in [0.05, 0.1) is 5.39 Å². The summed E-state index contributed by atoms with van der Waals surface area (Å²) < 4.78 is 7.09. The number of nitrogens with one attached hydrogen (secondary N) is 1. The fourth-order valence-corrected chi connectivity index (χ4v) is 4.91. The van der Waals surface area contributed by atoms with Crippen LogP contribution in [0.15, 0.2) is 29.1 Å². The van der Waals surface area contributed by atoms with Gasteiger partial charge in [-0.15, -0.1) is 11.3 Å². The van der Waals surface area contributed by atoms with Crippen molar-refractivity contribution in [3.63, 3.8) is 0 Å². The van der Waals surface area contributed by atoms with Crippen molar-refractivity contribution >= 4 is 45.0 Å². The van der Waals surface area contributed by atoms with Gasteiger partial charge in [0.15, 0.2) is 6.10 Å². The van der Waals surface area contributed by atoms with E-state index in [0.29, 0.717) is 33.6 Å². The first kappa shape index (κ1) is 22.7. The summed E-state index contributed by atoms with van der Waals surface area (Å²) >= 11 is 1.11. The van der Waals surface area contributed by atoms with Gasteiger partial charge >= 0.3 is 5.97 Å². The van der Waals surface area contributed by atoms with Gasteiger partial charge in [-0.2, -0.15) is 0 Å². The van der Waals surface area contributed by atoms with Crippen molar-refractivity contribution in [2.24, 2.45) is 5.73 Å². The number of carbonyl (C=O) groups excluding carboxylic acids is 3. The molecule has 2 aromatic heterocycles. The lowest BCUT2D eigenvalue weighted by molar-refractivity contribution is -0.123. The molecule has 4 rings (SSSR count). The molecule has 1 aromatic carbocycles. The molecule has 0 saturated carbocycles. The average molecular weight is 469 g/mol. The molecule has 0 bridgehead atoms. The smallest absolute Gasteiger partial charge is 0.349 e. The number of aromatic nitrogens is 2. The van der Waals surface area contributed by atoms with E-state index in [4.69, 9.17) is 10.5 Å². The zero-order chi connectivity index (χ0) is 23.7. The van der Waals surface area contributed by atoms with Gasteiger partial charge in [-0.25, -0.2) is 9.78 Å². The first-order valence-corrected chi connectivity index (χ1v) is 11.5. The molecule has 172 valence electrons. The molecule has 10 heteroatoms. The van der Waals surface area contributed by atoms with Gasteiger partial charge in [0.25, 0.3) is 11.5 Å². The van der Waals surface area contributed by atoms with Crippen LogP contribution in [0.25, 0.3) is 10.2 Å². The third kappa shape index (κ3) is 4.51. The van der Waals surface area contributed by atoms with Gasteiger partial charge in [-0.05, 0) is 56.5 Å². The summed E-state index contributed by atoms with van der Waals surface area (Å²) in [6.07, 6.45) is 2.62. The number of primary amides is 1. The lowest BCUT2D eigenvalue weighted by Gasteiger charge is -2.13. The Balaban J connectivity index is 1.51. The van der Waals surface area contributed by atoms with E-state index < -0.39 is 23.9 Å². The van der Waals surface area contributed by atoms with Crippen LogP contribution < -0.4 is 16.6 Å². The van der Waals surface area contributed by atoms with Crippen LogP contribution in [0.5, 0.6) is 0 Å². The van der Waals surface area contributed by atoms with Crippen LogP contribution >= 0.6 is 11.3 Å². The number of hydrogen-bond acceptors (Lipinski definition) is 7. The molecule has 2 amide bonds. The van der Waals surface area contributed by atoms with Crippen molar-refractivity contribution in [2.45, 2.75) is 52.2 Å². The van der Waals surface area contributed by atoms with Crippen molar-refractivity contribution in [3.05, 3.63) is 56.4 Å². The Morgan fingerprint density at radius 2 is 1.91 bits per heavy atom. The van der Waals surface area contributed by atoms with Crippen LogP contribution in [0, 0.1) is 6.92 Å². The van der Waals surface area contributed by atoms with E-state index in [1.807, 2.05) is 0 Å². The molecule has 0 aliphatic carbocycles. The molecule has 0 saturated heterocycles. The molecular formula is C23H24N4O5S. The number of thiophene rings is 1. The molecule has 33 heavy (non-hydrogen) atoms. The maximum absolute atomic E-state index is 13.1. The molecule has 1 aliphatic heterocycles. The summed E-state index contributed by atoms with van der Waals surface area (Å²) in [5.74, 6) is -1.03. The van der Waals surface area contributed by atoms with Gasteiger partial charge in [0, 0.05) is 24.2 Å². The number of nitrogens with two attached hydrogens (primary N) is 1. The molecule has 0 fully saturated rings. The van der Waals surface area contributed by atoms with Gasteiger partial charge < -0.3 is 15.8 Å². The molecule has 0 spiro atoms. The van der Waals surface area contributed by atoms with Crippen molar-refractivity contribution in [1.29, 1.82) is 0 Å². The molecule has 1 atom stereocenters. The van der Waals surface area contributed by atoms with Gasteiger partial charge in [-0.3, -0.25) is 19.0 Å². The number of aryl methyl sites for hydroxylation is 2. The molecule has 3 heterocycles. The number of benzene rings is 1. The van der Waals surface area contributed by atoms with Crippen molar-refractivity contribution in [3.8, 4) is 0 Å². The Bertz CT molecular complexity index is 1310. The average Bonchev–Trinajstić information content (AvgIpc) is 2.95. The summed E-state index contributed by atoms with van der Waals surface area (Å²) in [4.78, 5) is 55.0. The summed E-state index contributed by atoms with van der Waals surface area (Å²) in [7, 11) is 0. The van der Waals surface area contributed by atoms with Gasteiger partial charge in [0.1, 0.15) is 15.5 Å². The number of fused-ring (bicyclic) bond motifs is 2. The molecule has 0 radical (unpaired) electrons. The Labute approximate surface area is 193 Å². The van der Waals surface area contributed by atoms with Crippen LogP contribution in [0.4, 0.5) is 5.69 Å². The van der Waals surface area contributed by atoms with E-state index in [2.05, 4.69) is 10.3 Å². The topological polar surface area (TPSA) is 133 Å². The van der Waals surface area contributed by atoms with Gasteiger partial charge in [0.2, 0.25) is 5.91 Å². The fraction of sp³-hybridized carbons (Fsp3) is 0.348. The van der Waals surface area contributed by atoms with E-state index in [-0.39, 0.29) is 10.4 Å². The van der Waals surface area contributed by atoms with Crippen molar-refractivity contribution in [1.82, 2.24) is 9.55 Å². The number of carbonyl (C=O) groups is 3. The van der Waals surface area contributed by atoms with Crippen molar-refractivity contribution in [2.75, 3.05) is 5.32 Å². The number of rotatable bonds is 5. The summed E-state index contributed by atoms with van der Waals surface area (Å²) in [5, 5.41) is 3.06. The van der Waals surface area contributed by atoms with E-state index in [1.165, 1.54) is 31.2 Å². The lowest BCUT2D eigenvalue weighted by atomic mass is 10.2. The van der Waals surface area contributed by atoms with Crippen LogP contribution in [-0.2, 0) is 22.5 Å². The SMILES string of the molecule is Cc1c(C(=O)OC(C)C(=O)Nc2ccc(C(N)=O)cc2)sc2nc3n(c(=O)c12)CCCCC3.